The zero-order valence-corrected chi connectivity index (χ0v) is 30.7. The number of carbonyl (C=O) groups excluding carboxylic acids is 2. The Kier molecular flexibility index (Phi) is 12.1. The molecule has 0 saturated heterocycles. The number of fused-ring (bicyclic) bond motifs is 1. The normalized spacial score (nSPS) is 14.0. The van der Waals surface area contributed by atoms with E-state index in [1.54, 1.807) is 38.1 Å². The third kappa shape index (κ3) is 8.11. The van der Waals surface area contributed by atoms with Gasteiger partial charge in [0.05, 0.1) is 53.2 Å². The van der Waals surface area contributed by atoms with Crippen LogP contribution in [0.4, 0.5) is 0 Å². The minimum absolute atomic E-state index is 0.138. The topological polar surface area (TPSA) is 124 Å². The van der Waals surface area contributed by atoms with E-state index in [-0.39, 0.29) is 24.3 Å². The van der Waals surface area contributed by atoms with E-state index in [1.165, 1.54) is 23.0 Å². The van der Waals surface area contributed by atoms with E-state index < -0.39 is 18.0 Å². The molecule has 0 unspecified atom stereocenters. The first-order valence-electron chi connectivity index (χ1n) is 16.0. The number of halogens is 1. The minimum Gasteiger partial charge on any atom is -0.490 e. The lowest BCUT2D eigenvalue weighted by Crippen LogP contribution is -2.40. The second-order valence-corrected chi connectivity index (χ2v) is 12.7. The molecule has 11 nitrogen and oxygen atoms in total. The highest BCUT2D eigenvalue weighted by Gasteiger charge is 2.34. The van der Waals surface area contributed by atoms with Gasteiger partial charge in [-0.2, -0.15) is 0 Å². The smallest absolute Gasteiger partial charge is 0.343 e. The van der Waals surface area contributed by atoms with E-state index in [0.717, 1.165) is 5.56 Å². The zero-order valence-electron chi connectivity index (χ0n) is 28.3. The molecule has 262 valence electrons. The number of carbonyl (C=O) groups is 2. The van der Waals surface area contributed by atoms with E-state index in [1.807, 2.05) is 56.3 Å². The summed E-state index contributed by atoms with van der Waals surface area (Å²) in [5.74, 6) is 0.562. The number of benzene rings is 3. The molecular formula is C37H37BrN2O9S. The number of rotatable bonds is 14. The van der Waals surface area contributed by atoms with E-state index >= 15 is 0 Å². The van der Waals surface area contributed by atoms with Crippen molar-refractivity contribution < 1.29 is 38.0 Å². The Balaban J connectivity index is 1.60. The van der Waals surface area contributed by atoms with Crippen LogP contribution in [0.2, 0.25) is 0 Å². The van der Waals surface area contributed by atoms with Crippen molar-refractivity contribution in [2.24, 2.45) is 4.99 Å². The van der Waals surface area contributed by atoms with Crippen LogP contribution in [0.25, 0.3) is 6.08 Å². The molecule has 1 aliphatic rings. The van der Waals surface area contributed by atoms with Gasteiger partial charge >= 0.3 is 11.9 Å². The summed E-state index contributed by atoms with van der Waals surface area (Å²) < 4.78 is 36.3. The SMILES string of the molecule is CCOC(=O)C1=C(C)N=c2s/c(=C\c3cc(Br)c(OCc4ccccc4)c(OCC)c3)c(=O)n2[C@@H]1c1ccc(OCC(=O)OC)c(OCC)c1. The molecule has 0 fully saturated rings. The summed E-state index contributed by atoms with van der Waals surface area (Å²) in [5.41, 5.74) is 2.56. The molecule has 1 aliphatic heterocycles. The maximum absolute atomic E-state index is 14.3. The number of nitrogens with zero attached hydrogens (tertiary/aromatic N) is 2. The Morgan fingerprint density at radius 2 is 1.66 bits per heavy atom. The van der Waals surface area contributed by atoms with E-state index in [9.17, 15) is 14.4 Å². The summed E-state index contributed by atoms with van der Waals surface area (Å²) in [4.78, 5) is 44.5. The fourth-order valence-corrected chi connectivity index (χ4v) is 6.96. The van der Waals surface area contributed by atoms with Crippen LogP contribution in [0.15, 0.2) is 86.2 Å². The van der Waals surface area contributed by atoms with Gasteiger partial charge in [0.2, 0.25) is 0 Å². The predicted octanol–water partition coefficient (Wildman–Crippen LogP) is 5.49. The van der Waals surface area contributed by atoms with Crippen LogP contribution in [0.1, 0.15) is 50.4 Å². The first-order valence-corrected chi connectivity index (χ1v) is 17.6. The molecule has 0 spiro atoms. The molecule has 0 N–H and O–H groups in total. The molecule has 1 aromatic heterocycles. The summed E-state index contributed by atoms with van der Waals surface area (Å²) in [6.45, 7) is 8.01. The van der Waals surface area contributed by atoms with Gasteiger partial charge in [0.15, 0.2) is 34.4 Å². The van der Waals surface area contributed by atoms with Gasteiger partial charge in [-0.3, -0.25) is 9.36 Å². The molecule has 5 rings (SSSR count). The summed E-state index contributed by atoms with van der Waals surface area (Å²) in [5, 5.41) is 0. The Morgan fingerprint density at radius 1 is 0.920 bits per heavy atom. The summed E-state index contributed by atoms with van der Waals surface area (Å²) in [7, 11) is 1.27. The number of hydrogen-bond donors (Lipinski definition) is 0. The number of esters is 2. The third-order valence-electron chi connectivity index (χ3n) is 7.53. The minimum atomic E-state index is -0.888. The van der Waals surface area contributed by atoms with Gasteiger partial charge in [-0.1, -0.05) is 47.7 Å². The number of allylic oxidation sites excluding steroid dienone is 1. The highest BCUT2D eigenvalue weighted by Crippen LogP contribution is 2.38. The van der Waals surface area contributed by atoms with Crippen LogP contribution < -0.4 is 33.8 Å². The van der Waals surface area contributed by atoms with Crippen molar-refractivity contribution in [3.63, 3.8) is 0 Å². The average Bonchev–Trinajstić information content (AvgIpc) is 3.40. The Labute approximate surface area is 301 Å². The molecule has 50 heavy (non-hydrogen) atoms. The number of ether oxygens (including phenoxy) is 6. The second kappa shape index (κ2) is 16.7. The molecule has 0 amide bonds. The van der Waals surface area contributed by atoms with E-state index in [2.05, 4.69) is 20.9 Å². The van der Waals surface area contributed by atoms with Gasteiger partial charge in [0, 0.05) is 0 Å². The number of methoxy groups -OCH3 is 1. The highest BCUT2D eigenvalue weighted by atomic mass is 79.9. The van der Waals surface area contributed by atoms with Gasteiger partial charge in [-0.25, -0.2) is 14.6 Å². The fourth-order valence-electron chi connectivity index (χ4n) is 5.34. The third-order valence-corrected chi connectivity index (χ3v) is 9.10. The average molecular weight is 766 g/mol. The number of thiazole rings is 1. The van der Waals surface area contributed by atoms with Crippen molar-refractivity contribution in [2.45, 2.75) is 40.3 Å². The lowest BCUT2D eigenvalue weighted by atomic mass is 9.95. The van der Waals surface area contributed by atoms with Crippen LogP contribution in [0, 0.1) is 0 Å². The van der Waals surface area contributed by atoms with Gasteiger partial charge in [-0.15, -0.1) is 0 Å². The maximum Gasteiger partial charge on any atom is 0.343 e. The van der Waals surface area contributed by atoms with E-state index in [0.29, 0.717) is 73.4 Å². The quantitative estimate of drug-likeness (QED) is 0.154. The zero-order chi connectivity index (χ0) is 35.8. The Bertz CT molecular complexity index is 2090. The molecule has 1 atom stereocenters. The van der Waals surface area contributed by atoms with Crippen molar-refractivity contribution in [3.05, 3.63) is 113 Å². The molecular weight excluding hydrogens is 728 g/mol. The molecule has 0 aliphatic carbocycles. The van der Waals surface area contributed by atoms with Gasteiger partial charge in [0.1, 0.15) is 6.61 Å². The Hall–Kier alpha value is -4.88. The lowest BCUT2D eigenvalue weighted by molar-refractivity contribution is -0.143. The first-order chi connectivity index (χ1) is 24.2. The van der Waals surface area contributed by atoms with Crippen LogP contribution >= 0.6 is 27.3 Å². The monoisotopic (exact) mass is 764 g/mol. The van der Waals surface area contributed by atoms with Crippen molar-refractivity contribution >= 4 is 45.3 Å². The molecule has 2 heterocycles. The standard InChI is InChI=1S/C37H37BrN2O9S/c1-6-45-28-19-25(14-15-27(28)48-21-31(41)44-5)33-32(36(43)47-8-3)22(4)39-37-40(33)35(42)30(50-37)18-24-16-26(38)34(29(17-24)46-7-2)49-20-23-12-10-9-11-13-23/h9-19,33H,6-8,20-21H2,1-5H3/b30-18-/t33-/m1/s1. The first kappa shape index (κ1) is 36.4. The van der Waals surface area contributed by atoms with Crippen molar-refractivity contribution in [2.75, 3.05) is 33.5 Å². The van der Waals surface area contributed by atoms with Gasteiger partial charge < -0.3 is 28.4 Å². The fraction of sp³-hybridized carbons (Fsp3) is 0.297. The Morgan fingerprint density at radius 3 is 2.36 bits per heavy atom. The maximum atomic E-state index is 14.3. The predicted molar refractivity (Wildman–Crippen MR) is 192 cm³/mol. The van der Waals surface area contributed by atoms with Crippen LogP contribution in [0.5, 0.6) is 23.0 Å². The largest absolute Gasteiger partial charge is 0.490 e. The van der Waals surface area contributed by atoms with Crippen LogP contribution in [0.3, 0.4) is 0 Å². The van der Waals surface area contributed by atoms with Crippen molar-refractivity contribution in [1.29, 1.82) is 0 Å². The van der Waals surface area contributed by atoms with Gasteiger partial charge in [-0.05, 0) is 90.7 Å². The molecule has 4 aromatic rings. The molecule has 13 heteroatoms. The number of hydrogen-bond acceptors (Lipinski definition) is 11. The summed E-state index contributed by atoms with van der Waals surface area (Å²) in [6, 6.07) is 17.6. The molecule has 0 radical (unpaired) electrons. The number of aromatic nitrogens is 1. The van der Waals surface area contributed by atoms with E-state index in [4.69, 9.17) is 28.4 Å². The summed E-state index contributed by atoms with van der Waals surface area (Å²) >= 11 is 4.84. The van der Waals surface area contributed by atoms with Crippen LogP contribution in [-0.2, 0) is 25.7 Å². The van der Waals surface area contributed by atoms with Gasteiger partial charge in [0.25, 0.3) is 5.56 Å². The molecule has 0 bridgehead atoms. The summed E-state index contributed by atoms with van der Waals surface area (Å²) in [6.07, 6.45) is 1.76. The van der Waals surface area contributed by atoms with Crippen LogP contribution in [-0.4, -0.2) is 50.0 Å². The molecule has 3 aromatic carbocycles. The second-order valence-electron chi connectivity index (χ2n) is 10.8. The van der Waals surface area contributed by atoms with Crippen molar-refractivity contribution in [3.8, 4) is 23.0 Å². The van der Waals surface area contributed by atoms with Crippen molar-refractivity contribution in [1.82, 2.24) is 4.57 Å². The lowest BCUT2D eigenvalue weighted by Gasteiger charge is -2.25. The highest BCUT2D eigenvalue weighted by molar-refractivity contribution is 9.10. The molecule has 0 saturated carbocycles.